The summed E-state index contributed by atoms with van der Waals surface area (Å²) in [5.41, 5.74) is 7.14. The van der Waals surface area contributed by atoms with Crippen LogP contribution in [0.25, 0.3) is 0 Å². The maximum atomic E-state index is 12.2. The van der Waals surface area contributed by atoms with Crippen LogP contribution in [0.3, 0.4) is 0 Å². The third-order valence-corrected chi connectivity index (χ3v) is 3.67. The van der Waals surface area contributed by atoms with Crippen LogP contribution in [0.1, 0.15) is 43.2 Å². The van der Waals surface area contributed by atoms with Crippen LogP contribution in [0.4, 0.5) is 5.69 Å². The Hall–Kier alpha value is -1.49. The van der Waals surface area contributed by atoms with E-state index in [1.807, 2.05) is 10.8 Å². The summed E-state index contributed by atoms with van der Waals surface area (Å²) in [6, 6.07) is 2.72. The van der Waals surface area contributed by atoms with Gasteiger partial charge >= 0.3 is 0 Å². The largest absolute Gasteiger partial charge is 0.397 e. The number of likely N-dealkylation sites (N-methyl/N-ethyl adjacent to an activating group) is 1. The van der Waals surface area contributed by atoms with Gasteiger partial charge in [-0.25, -0.2) is 0 Å². The number of nitrogens with one attached hydrogen (secondary N) is 1. The molecule has 0 atom stereocenters. The standard InChI is InChI=1S/C14H24N4O/c1-10(2)17(3)7-6-16-14(19)13-8-11(15)9-18(13)12-4-5-12/h8-10,12H,4-7,15H2,1-3H3,(H,16,19). The monoisotopic (exact) mass is 264 g/mol. The Morgan fingerprint density at radius 2 is 2.26 bits per heavy atom. The Morgan fingerprint density at radius 1 is 1.58 bits per heavy atom. The molecule has 5 nitrogen and oxygen atoms in total. The van der Waals surface area contributed by atoms with Crippen LogP contribution < -0.4 is 11.1 Å². The molecule has 0 radical (unpaired) electrons. The van der Waals surface area contributed by atoms with Gasteiger partial charge in [-0.05, 0) is 39.8 Å². The molecule has 0 bridgehead atoms. The predicted octanol–water partition coefficient (Wildman–Crippen LogP) is 1.48. The fourth-order valence-corrected chi connectivity index (χ4v) is 2.03. The Labute approximate surface area is 114 Å². The minimum absolute atomic E-state index is 0.0271. The summed E-state index contributed by atoms with van der Waals surface area (Å²) in [6.07, 6.45) is 4.15. The molecular weight excluding hydrogens is 240 g/mol. The van der Waals surface area contributed by atoms with Crippen LogP contribution in [0.15, 0.2) is 12.3 Å². The van der Waals surface area contributed by atoms with Crippen LogP contribution in [0.2, 0.25) is 0 Å². The van der Waals surface area contributed by atoms with Gasteiger partial charge in [-0.15, -0.1) is 0 Å². The van der Waals surface area contributed by atoms with Gasteiger partial charge in [0.2, 0.25) is 0 Å². The van der Waals surface area contributed by atoms with E-state index in [4.69, 9.17) is 5.73 Å². The zero-order valence-corrected chi connectivity index (χ0v) is 12.0. The van der Waals surface area contributed by atoms with Gasteiger partial charge in [0, 0.05) is 31.4 Å². The number of rotatable bonds is 6. The van der Waals surface area contributed by atoms with Gasteiger partial charge in [-0.2, -0.15) is 0 Å². The average Bonchev–Trinajstić information content (AvgIpc) is 3.12. The number of hydrogen-bond acceptors (Lipinski definition) is 3. The molecule has 1 heterocycles. The van der Waals surface area contributed by atoms with E-state index >= 15 is 0 Å². The van der Waals surface area contributed by atoms with Gasteiger partial charge in [-0.1, -0.05) is 0 Å². The van der Waals surface area contributed by atoms with Crippen LogP contribution in [0, 0.1) is 0 Å². The van der Waals surface area contributed by atoms with Gasteiger partial charge in [0.25, 0.3) is 5.91 Å². The van der Waals surface area contributed by atoms with E-state index in [-0.39, 0.29) is 5.91 Å². The first-order valence-electron chi connectivity index (χ1n) is 6.95. The fourth-order valence-electron chi connectivity index (χ4n) is 2.03. The van der Waals surface area contributed by atoms with Crippen LogP contribution >= 0.6 is 0 Å². The summed E-state index contributed by atoms with van der Waals surface area (Å²) in [5.74, 6) is -0.0271. The molecule has 0 aliphatic heterocycles. The van der Waals surface area contributed by atoms with Crippen molar-refractivity contribution < 1.29 is 4.79 Å². The molecule has 1 amide bonds. The molecule has 1 aliphatic rings. The number of aromatic nitrogens is 1. The highest BCUT2D eigenvalue weighted by Gasteiger charge is 2.27. The lowest BCUT2D eigenvalue weighted by molar-refractivity contribution is 0.0938. The van der Waals surface area contributed by atoms with Gasteiger partial charge in [0.15, 0.2) is 0 Å². The molecule has 19 heavy (non-hydrogen) atoms. The van der Waals surface area contributed by atoms with E-state index in [0.29, 0.717) is 30.0 Å². The molecule has 0 spiro atoms. The summed E-state index contributed by atoms with van der Waals surface area (Å²) in [5, 5.41) is 2.96. The molecule has 1 fully saturated rings. The third-order valence-electron chi connectivity index (χ3n) is 3.67. The molecule has 0 aromatic carbocycles. The third kappa shape index (κ3) is 3.50. The van der Waals surface area contributed by atoms with Crippen molar-refractivity contribution in [3.05, 3.63) is 18.0 Å². The number of nitrogens with zero attached hydrogens (tertiary/aromatic N) is 2. The second kappa shape index (κ2) is 5.65. The summed E-state index contributed by atoms with van der Waals surface area (Å²) in [4.78, 5) is 14.4. The molecule has 1 aromatic rings. The van der Waals surface area contributed by atoms with E-state index in [1.165, 1.54) is 0 Å². The van der Waals surface area contributed by atoms with Crippen molar-refractivity contribution in [2.75, 3.05) is 25.9 Å². The second-order valence-electron chi connectivity index (χ2n) is 5.63. The van der Waals surface area contributed by atoms with Crippen LogP contribution in [0.5, 0.6) is 0 Å². The fraction of sp³-hybridized carbons (Fsp3) is 0.643. The molecule has 0 saturated heterocycles. The van der Waals surface area contributed by atoms with Crippen molar-refractivity contribution in [3.8, 4) is 0 Å². The SMILES string of the molecule is CC(C)N(C)CCNC(=O)c1cc(N)cn1C1CC1. The number of hydrogen-bond donors (Lipinski definition) is 2. The molecule has 0 unspecified atom stereocenters. The van der Waals surface area contributed by atoms with E-state index in [1.54, 1.807) is 6.07 Å². The molecule has 5 heteroatoms. The maximum Gasteiger partial charge on any atom is 0.268 e. The summed E-state index contributed by atoms with van der Waals surface area (Å²) >= 11 is 0. The molecule has 1 aromatic heterocycles. The van der Waals surface area contributed by atoms with Crippen molar-refractivity contribution in [3.63, 3.8) is 0 Å². The minimum Gasteiger partial charge on any atom is -0.397 e. The van der Waals surface area contributed by atoms with E-state index in [9.17, 15) is 4.79 Å². The zero-order chi connectivity index (χ0) is 14.0. The van der Waals surface area contributed by atoms with E-state index < -0.39 is 0 Å². The Morgan fingerprint density at radius 3 is 2.84 bits per heavy atom. The molecule has 1 aliphatic carbocycles. The van der Waals surface area contributed by atoms with Crippen LogP contribution in [-0.4, -0.2) is 41.6 Å². The van der Waals surface area contributed by atoms with Crippen molar-refractivity contribution in [2.45, 2.75) is 38.8 Å². The maximum absolute atomic E-state index is 12.2. The van der Waals surface area contributed by atoms with Crippen molar-refractivity contribution >= 4 is 11.6 Å². The van der Waals surface area contributed by atoms with E-state index in [0.717, 1.165) is 19.4 Å². The van der Waals surface area contributed by atoms with Gasteiger partial charge in [0.1, 0.15) is 5.69 Å². The van der Waals surface area contributed by atoms with Gasteiger partial charge in [-0.3, -0.25) is 4.79 Å². The van der Waals surface area contributed by atoms with Crippen molar-refractivity contribution in [2.24, 2.45) is 0 Å². The first-order valence-corrected chi connectivity index (χ1v) is 6.95. The number of nitrogens with two attached hydrogens (primary N) is 1. The summed E-state index contributed by atoms with van der Waals surface area (Å²) in [7, 11) is 2.06. The minimum atomic E-state index is -0.0271. The zero-order valence-electron chi connectivity index (χ0n) is 12.0. The summed E-state index contributed by atoms with van der Waals surface area (Å²) in [6.45, 7) is 5.79. The molecular formula is C14H24N4O. The Balaban J connectivity index is 1.89. The lowest BCUT2D eigenvalue weighted by Crippen LogP contribution is -2.36. The molecule has 106 valence electrons. The first-order chi connectivity index (χ1) is 8.99. The highest BCUT2D eigenvalue weighted by Crippen LogP contribution is 2.37. The molecule has 2 rings (SSSR count). The number of amides is 1. The lowest BCUT2D eigenvalue weighted by Gasteiger charge is -2.21. The smallest absolute Gasteiger partial charge is 0.268 e. The highest BCUT2D eigenvalue weighted by atomic mass is 16.1. The topological polar surface area (TPSA) is 63.3 Å². The molecule has 3 N–H and O–H groups in total. The number of carbonyl (C=O) groups is 1. The average molecular weight is 264 g/mol. The quantitative estimate of drug-likeness (QED) is 0.818. The van der Waals surface area contributed by atoms with Gasteiger partial charge < -0.3 is 20.5 Å². The Kier molecular flexibility index (Phi) is 4.14. The highest BCUT2D eigenvalue weighted by molar-refractivity contribution is 5.93. The second-order valence-corrected chi connectivity index (χ2v) is 5.63. The number of anilines is 1. The van der Waals surface area contributed by atoms with E-state index in [2.05, 4.69) is 31.1 Å². The van der Waals surface area contributed by atoms with Gasteiger partial charge in [0.05, 0.1) is 5.69 Å². The first kappa shape index (κ1) is 13.9. The Bertz CT molecular complexity index is 448. The van der Waals surface area contributed by atoms with Crippen molar-refractivity contribution in [1.82, 2.24) is 14.8 Å². The number of carbonyl (C=O) groups excluding carboxylic acids is 1. The number of nitrogen functional groups attached to an aromatic ring is 1. The predicted molar refractivity (Wildman–Crippen MR) is 77.2 cm³/mol. The van der Waals surface area contributed by atoms with Crippen molar-refractivity contribution in [1.29, 1.82) is 0 Å². The lowest BCUT2D eigenvalue weighted by atomic mass is 10.3. The van der Waals surface area contributed by atoms with Crippen LogP contribution in [-0.2, 0) is 0 Å². The summed E-state index contributed by atoms with van der Waals surface area (Å²) < 4.78 is 2.01. The normalized spacial score (nSPS) is 15.2. The molecule has 1 saturated carbocycles.